The smallest absolute Gasteiger partial charge is 0.151 e. The van der Waals surface area contributed by atoms with Gasteiger partial charge in [-0.2, -0.15) is 10.4 Å². The van der Waals surface area contributed by atoms with Crippen molar-refractivity contribution in [1.29, 1.82) is 5.26 Å². The molecular formula is C13H10ClN3. The van der Waals surface area contributed by atoms with E-state index >= 15 is 0 Å². The number of aryl methyl sites for hydroxylation is 1. The van der Waals surface area contributed by atoms with E-state index in [0.29, 0.717) is 10.8 Å². The maximum absolute atomic E-state index is 9.28. The summed E-state index contributed by atoms with van der Waals surface area (Å²) in [4.78, 5) is 0. The summed E-state index contributed by atoms with van der Waals surface area (Å²) in [6, 6.07) is 13.4. The van der Waals surface area contributed by atoms with Gasteiger partial charge < -0.3 is 0 Å². The van der Waals surface area contributed by atoms with E-state index in [0.717, 1.165) is 11.1 Å². The van der Waals surface area contributed by atoms with E-state index in [-0.39, 0.29) is 0 Å². The lowest BCUT2D eigenvalue weighted by Crippen LogP contribution is -2.04. The number of hydrogen-bond acceptors (Lipinski definition) is 3. The highest BCUT2D eigenvalue weighted by molar-refractivity contribution is 6.29. The van der Waals surface area contributed by atoms with Gasteiger partial charge in [0.15, 0.2) is 5.15 Å². The van der Waals surface area contributed by atoms with Gasteiger partial charge in [-0.05, 0) is 30.2 Å². The largest absolute Gasteiger partial charge is 0.197 e. The van der Waals surface area contributed by atoms with Gasteiger partial charge in [-0.3, -0.25) is 0 Å². The molecule has 0 radical (unpaired) electrons. The normalized spacial score (nSPS) is 11.8. The van der Waals surface area contributed by atoms with Gasteiger partial charge in [0, 0.05) is 0 Å². The van der Waals surface area contributed by atoms with Crippen LogP contribution in [0.15, 0.2) is 36.4 Å². The summed E-state index contributed by atoms with van der Waals surface area (Å²) in [5.74, 6) is -0.402. The van der Waals surface area contributed by atoms with Crippen LogP contribution in [0.4, 0.5) is 0 Å². The van der Waals surface area contributed by atoms with E-state index in [2.05, 4.69) is 16.3 Å². The minimum Gasteiger partial charge on any atom is -0.197 e. The maximum atomic E-state index is 9.28. The molecule has 4 heteroatoms. The Labute approximate surface area is 105 Å². The van der Waals surface area contributed by atoms with E-state index in [1.54, 1.807) is 12.1 Å². The van der Waals surface area contributed by atoms with Crippen LogP contribution in [0.25, 0.3) is 0 Å². The summed E-state index contributed by atoms with van der Waals surface area (Å²) in [7, 11) is 0. The van der Waals surface area contributed by atoms with Gasteiger partial charge in [-0.1, -0.05) is 35.9 Å². The molecule has 0 aliphatic rings. The molecule has 0 saturated carbocycles. The van der Waals surface area contributed by atoms with Gasteiger partial charge in [0.25, 0.3) is 0 Å². The SMILES string of the molecule is Cc1ccccc1[C@H](C#N)c1ccc(Cl)nn1. The van der Waals surface area contributed by atoms with Crippen molar-refractivity contribution in [2.75, 3.05) is 0 Å². The Morgan fingerprint density at radius 3 is 2.53 bits per heavy atom. The molecule has 0 fully saturated rings. The molecule has 1 aromatic heterocycles. The molecule has 17 heavy (non-hydrogen) atoms. The van der Waals surface area contributed by atoms with Crippen molar-refractivity contribution in [3.63, 3.8) is 0 Å². The van der Waals surface area contributed by atoms with Gasteiger partial charge in [0.05, 0.1) is 11.8 Å². The Hall–Kier alpha value is -1.92. The zero-order chi connectivity index (χ0) is 12.3. The Bertz CT molecular complexity index is 558. The molecule has 0 N–H and O–H groups in total. The minimum absolute atomic E-state index is 0.329. The zero-order valence-electron chi connectivity index (χ0n) is 9.26. The van der Waals surface area contributed by atoms with Crippen LogP contribution in [0.5, 0.6) is 0 Å². The van der Waals surface area contributed by atoms with Crippen molar-refractivity contribution >= 4 is 11.6 Å². The van der Waals surface area contributed by atoms with Crippen LogP contribution < -0.4 is 0 Å². The first-order chi connectivity index (χ1) is 8.22. The second kappa shape index (κ2) is 4.94. The monoisotopic (exact) mass is 243 g/mol. The Morgan fingerprint density at radius 1 is 1.18 bits per heavy atom. The van der Waals surface area contributed by atoms with Gasteiger partial charge >= 0.3 is 0 Å². The third kappa shape index (κ3) is 2.43. The highest BCUT2D eigenvalue weighted by Gasteiger charge is 2.16. The van der Waals surface area contributed by atoms with Crippen LogP contribution in [0.2, 0.25) is 5.15 Å². The molecule has 0 aliphatic heterocycles. The van der Waals surface area contributed by atoms with Crippen molar-refractivity contribution in [2.45, 2.75) is 12.8 Å². The Kier molecular flexibility index (Phi) is 3.36. The molecule has 3 nitrogen and oxygen atoms in total. The van der Waals surface area contributed by atoms with E-state index in [1.807, 2.05) is 31.2 Å². The number of rotatable bonds is 2. The first kappa shape index (κ1) is 11.6. The average Bonchev–Trinajstić information content (AvgIpc) is 2.35. The molecule has 0 bridgehead atoms. The molecule has 2 rings (SSSR count). The third-order valence-electron chi connectivity index (χ3n) is 2.58. The number of halogens is 1. The molecule has 0 spiro atoms. The van der Waals surface area contributed by atoms with Gasteiger partial charge in [-0.15, -0.1) is 5.10 Å². The molecular weight excluding hydrogens is 234 g/mol. The van der Waals surface area contributed by atoms with E-state index < -0.39 is 5.92 Å². The van der Waals surface area contributed by atoms with Gasteiger partial charge in [-0.25, -0.2) is 0 Å². The third-order valence-corrected chi connectivity index (χ3v) is 2.78. The molecule has 0 aliphatic carbocycles. The zero-order valence-corrected chi connectivity index (χ0v) is 10.0. The second-order valence-electron chi connectivity index (χ2n) is 3.70. The van der Waals surface area contributed by atoms with Gasteiger partial charge in [0.1, 0.15) is 5.92 Å². The summed E-state index contributed by atoms with van der Waals surface area (Å²) in [5, 5.41) is 17.3. The molecule has 1 heterocycles. The number of nitrogens with zero attached hydrogens (tertiary/aromatic N) is 3. The molecule has 84 valence electrons. The number of hydrogen-bond donors (Lipinski definition) is 0. The quantitative estimate of drug-likeness (QED) is 0.814. The summed E-state index contributed by atoms with van der Waals surface area (Å²) >= 11 is 5.68. The first-order valence-electron chi connectivity index (χ1n) is 5.16. The van der Waals surface area contributed by atoms with Crippen molar-refractivity contribution in [3.05, 3.63) is 58.4 Å². The Morgan fingerprint density at radius 2 is 1.94 bits per heavy atom. The van der Waals surface area contributed by atoms with E-state index in [9.17, 15) is 5.26 Å². The van der Waals surface area contributed by atoms with Crippen LogP contribution in [0, 0.1) is 18.3 Å². The topological polar surface area (TPSA) is 49.6 Å². The van der Waals surface area contributed by atoms with Crippen LogP contribution in [-0.2, 0) is 0 Å². The fraction of sp³-hybridized carbons (Fsp3) is 0.154. The van der Waals surface area contributed by atoms with Gasteiger partial charge in [0.2, 0.25) is 0 Å². The lowest BCUT2D eigenvalue weighted by Gasteiger charge is -2.10. The van der Waals surface area contributed by atoms with Crippen LogP contribution in [0.1, 0.15) is 22.7 Å². The van der Waals surface area contributed by atoms with Crippen molar-refractivity contribution in [1.82, 2.24) is 10.2 Å². The standard InChI is InChI=1S/C13H10ClN3/c1-9-4-2-3-5-10(9)11(8-15)12-6-7-13(14)17-16-12/h2-7,11H,1H3/t11-/m0/s1. The minimum atomic E-state index is -0.402. The van der Waals surface area contributed by atoms with Crippen molar-refractivity contribution in [3.8, 4) is 6.07 Å². The predicted molar refractivity (Wildman–Crippen MR) is 65.7 cm³/mol. The molecule has 0 saturated heterocycles. The lowest BCUT2D eigenvalue weighted by atomic mass is 9.93. The first-order valence-corrected chi connectivity index (χ1v) is 5.54. The lowest BCUT2D eigenvalue weighted by molar-refractivity contribution is 0.879. The fourth-order valence-corrected chi connectivity index (χ4v) is 1.79. The summed E-state index contributed by atoms with van der Waals surface area (Å²) in [6.07, 6.45) is 0. The van der Waals surface area contributed by atoms with Crippen LogP contribution >= 0.6 is 11.6 Å². The van der Waals surface area contributed by atoms with Crippen molar-refractivity contribution < 1.29 is 0 Å². The highest BCUT2D eigenvalue weighted by Crippen LogP contribution is 2.25. The molecule has 1 atom stereocenters. The summed E-state index contributed by atoms with van der Waals surface area (Å²) < 4.78 is 0. The highest BCUT2D eigenvalue weighted by atomic mass is 35.5. The van der Waals surface area contributed by atoms with E-state index in [1.165, 1.54) is 0 Å². The van der Waals surface area contributed by atoms with Crippen LogP contribution in [0.3, 0.4) is 0 Å². The predicted octanol–water partition coefficient (Wildman–Crippen LogP) is 3.09. The number of aromatic nitrogens is 2. The van der Waals surface area contributed by atoms with Crippen LogP contribution in [-0.4, -0.2) is 10.2 Å². The average molecular weight is 244 g/mol. The molecule has 2 aromatic rings. The van der Waals surface area contributed by atoms with E-state index in [4.69, 9.17) is 11.6 Å². The number of nitriles is 1. The number of benzene rings is 1. The second-order valence-corrected chi connectivity index (χ2v) is 4.09. The Balaban J connectivity index is 2.45. The maximum Gasteiger partial charge on any atom is 0.151 e. The van der Waals surface area contributed by atoms with Crippen molar-refractivity contribution in [2.24, 2.45) is 0 Å². The molecule has 0 unspecified atom stereocenters. The molecule has 0 amide bonds. The summed E-state index contributed by atoms with van der Waals surface area (Å²) in [5.41, 5.74) is 2.63. The fourth-order valence-electron chi connectivity index (χ4n) is 1.69. The summed E-state index contributed by atoms with van der Waals surface area (Å²) in [6.45, 7) is 1.98. The molecule has 1 aromatic carbocycles.